The van der Waals surface area contributed by atoms with Crippen molar-refractivity contribution >= 4 is 34.4 Å². The van der Waals surface area contributed by atoms with Crippen LogP contribution in [0.3, 0.4) is 0 Å². The van der Waals surface area contributed by atoms with E-state index < -0.39 is 0 Å². The van der Waals surface area contributed by atoms with Crippen molar-refractivity contribution in [2.75, 3.05) is 19.3 Å². The van der Waals surface area contributed by atoms with Crippen molar-refractivity contribution in [1.29, 1.82) is 0 Å². The molecule has 0 aromatic carbocycles. The molecule has 7 nitrogen and oxygen atoms in total. The van der Waals surface area contributed by atoms with Crippen LogP contribution in [-0.4, -0.2) is 44.8 Å². The number of thiophene rings is 1. The highest BCUT2D eigenvalue weighted by Gasteiger charge is 2.19. The number of carbonyl (C=O) groups excluding carboxylic acids is 2. The first-order valence-corrected chi connectivity index (χ1v) is 8.72. The number of likely N-dealkylation sites (N-methyl/N-ethyl adjacent to an activating group) is 1. The lowest BCUT2D eigenvalue weighted by Gasteiger charge is -2.17. The van der Waals surface area contributed by atoms with Gasteiger partial charge in [-0.05, 0) is 17.5 Å². The number of hydrogen-bond donors (Lipinski definition) is 1. The number of rotatable bonds is 5. The standard InChI is InChI=1S/C17H19N5O2S/c1-10(2)13(23)9-21(3)17(24)11-7-12(18)16-19-15(20-22(16)8-11)14-5-4-6-25-14/h4-8,10H,9,18H2,1-3H3. The summed E-state index contributed by atoms with van der Waals surface area (Å²) in [5.74, 6) is 0.169. The third-order valence-electron chi connectivity index (χ3n) is 3.83. The lowest BCUT2D eigenvalue weighted by Crippen LogP contribution is -2.34. The third-order valence-corrected chi connectivity index (χ3v) is 4.70. The van der Waals surface area contributed by atoms with Gasteiger partial charge in [0, 0.05) is 19.2 Å². The molecule has 3 aromatic rings. The van der Waals surface area contributed by atoms with Gasteiger partial charge in [0.1, 0.15) is 0 Å². The Hall–Kier alpha value is -2.74. The van der Waals surface area contributed by atoms with Crippen LogP contribution in [-0.2, 0) is 4.79 Å². The number of aromatic nitrogens is 3. The number of pyridine rings is 1. The number of nitrogen functional groups attached to an aromatic ring is 1. The summed E-state index contributed by atoms with van der Waals surface area (Å²) in [4.78, 5) is 31.2. The van der Waals surface area contributed by atoms with Crippen LogP contribution in [0, 0.1) is 5.92 Å². The van der Waals surface area contributed by atoms with Gasteiger partial charge in [-0.15, -0.1) is 16.4 Å². The van der Waals surface area contributed by atoms with Gasteiger partial charge in [-0.25, -0.2) is 9.50 Å². The second-order valence-electron chi connectivity index (χ2n) is 6.15. The molecule has 0 atom stereocenters. The Morgan fingerprint density at radius 3 is 2.80 bits per heavy atom. The first-order valence-electron chi connectivity index (χ1n) is 7.84. The molecule has 1 amide bonds. The molecule has 0 bridgehead atoms. The largest absolute Gasteiger partial charge is 0.396 e. The lowest BCUT2D eigenvalue weighted by molar-refractivity contribution is -0.122. The topological polar surface area (TPSA) is 93.6 Å². The summed E-state index contributed by atoms with van der Waals surface area (Å²) in [7, 11) is 1.60. The molecule has 3 heterocycles. The summed E-state index contributed by atoms with van der Waals surface area (Å²) in [6, 6.07) is 5.42. The van der Waals surface area contributed by atoms with Crippen LogP contribution in [0.15, 0.2) is 29.8 Å². The monoisotopic (exact) mass is 357 g/mol. The number of fused-ring (bicyclic) bond motifs is 1. The molecule has 130 valence electrons. The zero-order valence-electron chi connectivity index (χ0n) is 14.3. The number of Topliss-reactive ketones (excluding diaryl/α,β-unsaturated/α-hetero) is 1. The van der Waals surface area contributed by atoms with E-state index in [0.717, 1.165) is 4.88 Å². The van der Waals surface area contributed by atoms with Crippen LogP contribution in [0.1, 0.15) is 24.2 Å². The molecule has 0 aliphatic carbocycles. The maximum absolute atomic E-state index is 12.6. The van der Waals surface area contributed by atoms with Gasteiger partial charge in [0.15, 0.2) is 17.3 Å². The van der Waals surface area contributed by atoms with E-state index in [1.54, 1.807) is 19.3 Å². The normalized spacial score (nSPS) is 11.2. The minimum Gasteiger partial charge on any atom is -0.396 e. The number of carbonyl (C=O) groups is 2. The van der Waals surface area contributed by atoms with Gasteiger partial charge < -0.3 is 10.6 Å². The van der Waals surface area contributed by atoms with Gasteiger partial charge >= 0.3 is 0 Å². The van der Waals surface area contributed by atoms with Crippen molar-refractivity contribution < 1.29 is 9.59 Å². The van der Waals surface area contributed by atoms with Gasteiger partial charge in [-0.2, -0.15) is 0 Å². The highest BCUT2D eigenvalue weighted by Crippen LogP contribution is 2.24. The summed E-state index contributed by atoms with van der Waals surface area (Å²) in [6.07, 6.45) is 1.59. The second kappa shape index (κ2) is 6.64. The van der Waals surface area contributed by atoms with Crippen LogP contribution in [0.25, 0.3) is 16.3 Å². The number of hydrogen-bond acceptors (Lipinski definition) is 6. The maximum atomic E-state index is 12.6. The molecule has 25 heavy (non-hydrogen) atoms. The van der Waals surface area contributed by atoms with Crippen LogP contribution >= 0.6 is 11.3 Å². The molecular weight excluding hydrogens is 338 g/mol. The molecule has 2 N–H and O–H groups in total. The number of anilines is 1. The Kier molecular flexibility index (Phi) is 4.54. The zero-order valence-corrected chi connectivity index (χ0v) is 15.1. The van der Waals surface area contributed by atoms with E-state index >= 15 is 0 Å². The van der Waals surface area contributed by atoms with Crippen molar-refractivity contribution in [2.24, 2.45) is 5.92 Å². The van der Waals surface area contributed by atoms with Gasteiger partial charge in [0.2, 0.25) is 0 Å². The SMILES string of the molecule is CC(C)C(=O)CN(C)C(=O)c1cc(N)c2nc(-c3cccs3)nn2c1. The fourth-order valence-electron chi connectivity index (χ4n) is 2.35. The Morgan fingerprint density at radius 1 is 1.40 bits per heavy atom. The molecular formula is C17H19N5O2S. The van der Waals surface area contributed by atoms with Crippen molar-refractivity contribution in [3.63, 3.8) is 0 Å². The highest BCUT2D eigenvalue weighted by molar-refractivity contribution is 7.13. The molecule has 0 spiro atoms. The molecule has 0 unspecified atom stereocenters. The quantitative estimate of drug-likeness (QED) is 0.756. The van der Waals surface area contributed by atoms with Crippen molar-refractivity contribution in [2.45, 2.75) is 13.8 Å². The summed E-state index contributed by atoms with van der Waals surface area (Å²) >= 11 is 1.53. The predicted molar refractivity (Wildman–Crippen MR) is 97.5 cm³/mol. The lowest BCUT2D eigenvalue weighted by atomic mass is 10.1. The first-order chi connectivity index (χ1) is 11.9. The average molecular weight is 357 g/mol. The fourth-order valence-corrected chi connectivity index (χ4v) is 3.00. The number of nitrogens with zero attached hydrogens (tertiary/aromatic N) is 4. The van der Waals surface area contributed by atoms with Crippen molar-refractivity contribution in [3.8, 4) is 10.7 Å². The van der Waals surface area contributed by atoms with E-state index in [1.807, 2.05) is 31.4 Å². The van der Waals surface area contributed by atoms with E-state index in [-0.39, 0.29) is 24.2 Å². The molecule has 0 radical (unpaired) electrons. The molecule has 0 fully saturated rings. The summed E-state index contributed by atoms with van der Waals surface area (Å²) < 4.78 is 1.51. The van der Waals surface area contributed by atoms with E-state index in [2.05, 4.69) is 10.1 Å². The molecule has 3 rings (SSSR count). The van der Waals surface area contributed by atoms with E-state index in [0.29, 0.717) is 22.7 Å². The fraction of sp³-hybridized carbons (Fsp3) is 0.294. The molecule has 0 aliphatic rings. The first kappa shape index (κ1) is 17.1. The predicted octanol–water partition coefficient (Wildman–Crippen LogP) is 2.34. The summed E-state index contributed by atoms with van der Waals surface area (Å²) in [5.41, 5.74) is 7.29. The van der Waals surface area contributed by atoms with E-state index in [1.165, 1.54) is 20.8 Å². The Labute approximate surface area is 149 Å². The molecule has 0 saturated heterocycles. The van der Waals surface area contributed by atoms with Crippen molar-refractivity contribution in [1.82, 2.24) is 19.5 Å². The van der Waals surface area contributed by atoms with Crippen LogP contribution in [0.4, 0.5) is 5.69 Å². The maximum Gasteiger partial charge on any atom is 0.255 e. The van der Waals surface area contributed by atoms with Gasteiger partial charge in [-0.3, -0.25) is 9.59 Å². The molecule has 0 saturated carbocycles. The zero-order chi connectivity index (χ0) is 18.1. The Morgan fingerprint density at radius 2 is 2.16 bits per heavy atom. The smallest absolute Gasteiger partial charge is 0.255 e. The van der Waals surface area contributed by atoms with E-state index in [9.17, 15) is 9.59 Å². The van der Waals surface area contributed by atoms with Crippen LogP contribution < -0.4 is 5.73 Å². The van der Waals surface area contributed by atoms with Crippen LogP contribution in [0.5, 0.6) is 0 Å². The summed E-state index contributed by atoms with van der Waals surface area (Å²) in [6.45, 7) is 3.69. The second-order valence-corrected chi connectivity index (χ2v) is 7.09. The third kappa shape index (κ3) is 3.39. The van der Waals surface area contributed by atoms with Gasteiger partial charge in [0.05, 0.1) is 22.7 Å². The Bertz CT molecular complexity index is 930. The summed E-state index contributed by atoms with van der Waals surface area (Å²) in [5, 5.41) is 6.35. The van der Waals surface area contributed by atoms with Gasteiger partial charge in [-0.1, -0.05) is 19.9 Å². The Balaban J connectivity index is 1.92. The molecule has 3 aromatic heterocycles. The average Bonchev–Trinajstić information content (AvgIpc) is 3.22. The van der Waals surface area contributed by atoms with Crippen molar-refractivity contribution in [3.05, 3.63) is 35.3 Å². The number of amides is 1. The van der Waals surface area contributed by atoms with Crippen LogP contribution in [0.2, 0.25) is 0 Å². The minimum absolute atomic E-state index is 0.00522. The highest BCUT2D eigenvalue weighted by atomic mass is 32.1. The van der Waals surface area contributed by atoms with E-state index in [4.69, 9.17) is 5.73 Å². The van der Waals surface area contributed by atoms with Gasteiger partial charge in [0.25, 0.3) is 5.91 Å². The molecule has 0 aliphatic heterocycles. The minimum atomic E-state index is -0.282. The number of ketones is 1. The number of nitrogens with two attached hydrogens (primary N) is 1. The molecule has 8 heteroatoms.